The van der Waals surface area contributed by atoms with Crippen LogP contribution in [-0.4, -0.2) is 87.4 Å². The fourth-order valence-electron chi connectivity index (χ4n) is 4.45. The Morgan fingerprint density at radius 2 is 1.92 bits per heavy atom. The molecule has 3 rings (SSSR count). The highest BCUT2D eigenvalue weighted by atomic mass is 16.5. The van der Waals surface area contributed by atoms with Crippen LogP contribution in [0.5, 0.6) is 0 Å². The zero-order valence-electron chi connectivity index (χ0n) is 16.2. The lowest BCUT2D eigenvalue weighted by Crippen LogP contribution is -2.47. The number of guanidine groups is 1. The molecule has 0 aromatic rings. The summed E-state index contributed by atoms with van der Waals surface area (Å²) in [6.45, 7) is 10.7. The highest BCUT2D eigenvalue weighted by molar-refractivity contribution is 5.80. The SMILES string of the molecule is CN=C(NCC(C)CN1CCOCC1)NC1CCN(C2CCCC2)C1. The quantitative estimate of drug-likeness (QED) is 0.555. The van der Waals surface area contributed by atoms with Gasteiger partial charge in [0.15, 0.2) is 5.96 Å². The Kier molecular flexibility index (Phi) is 7.37. The molecule has 0 radical (unpaired) electrons. The molecule has 0 amide bonds. The Morgan fingerprint density at radius 1 is 1.16 bits per heavy atom. The van der Waals surface area contributed by atoms with Crippen LogP contribution in [0.4, 0.5) is 0 Å². The molecule has 0 aromatic carbocycles. The van der Waals surface area contributed by atoms with Crippen molar-refractivity contribution in [2.24, 2.45) is 10.9 Å². The van der Waals surface area contributed by atoms with E-state index in [1.54, 1.807) is 0 Å². The molecule has 3 fully saturated rings. The van der Waals surface area contributed by atoms with E-state index in [0.717, 1.165) is 51.4 Å². The van der Waals surface area contributed by atoms with E-state index < -0.39 is 0 Å². The minimum atomic E-state index is 0.543. The van der Waals surface area contributed by atoms with Crippen molar-refractivity contribution in [3.05, 3.63) is 0 Å². The summed E-state index contributed by atoms with van der Waals surface area (Å²) in [5, 5.41) is 7.17. The van der Waals surface area contributed by atoms with Crippen LogP contribution in [0.2, 0.25) is 0 Å². The van der Waals surface area contributed by atoms with E-state index in [1.807, 2.05) is 7.05 Å². The van der Waals surface area contributed by atoms with E-state index in [-0.39, 0.29) is 0 Å². The number of ether oxygens (including phenoxy) is 1. The summed E-state index contributed by atoms with van der Waals surface area (Å²) in [4.78, 5) is 9.63. The molecule has 0 spiro atoms. The van der Waals surface area contributed by atoms with Crippen LogP contribution in [0.3, 0.4) is 0 Å². The number of hydrogen-bond donors (Lipinski definition) is 2. The first-order valence-corrected chi connectivity index (χ1v) is 10.3. The molecule has 2 N–H and O–H groups in total. The molecule has 1 aliphatic carbocycles. The molecule has 25 heavy (non-hydrogen) atoms. The highest BCUT2D eigenvalue weighted by Gasteiger charge is 2.30. The largest absolute Gasteiger partial charge is 0.379 e. The number of nitrogens with one attached hydrogen (secondary N) is 2. The van der Waals surface area contributed by atoms with E-state index in [1.165, 1.54) is 45.2 Å². The first-order chi connectivity index (χ1) is 12.2. The molecule has 3 aliphatic rings. The van der Waals surface area contributed by atoms with E-state index in [2.05, 4.69) is 32.3 Å². The fourth-order valence-corrected chi connectivity index (χ4v) is 4.45. The average Bonchev–Trinajstić information content (AvgIpc) is 3.31. The van der Waals surface area contributed by atoms with Gasteiger partial charge < -0.3 is 15.4 Å². The molecular formula is C19H37N5O. The van der Waals surface area contributed by atoms with Gasteiger partial charge >= 0.3 is 0 Å². The number of rotatable bonds is 6. The van der Waals surface area contributed by atoms with Crippen LogP contribution in [0.15, 0.2) is 4.99 Å². The van der Waals surface area contributed by atoms with Crippen LogP contribution in [0.1, 0.15) is 39.0 Å². The van der Waals surface area contributed by atoms with E-state index in [0.29, 0.717) is 12.0 Å². The predicted octanol–water partition coefficient (Wildman–Crippen LogP) is 1.14. The van der Waals surface area contributed by atoms with Crippen molar-refractivity contribution in [1.29, 1.82) is 0 Å². The fraction of sp³-hybridized carbons (Fsp3) is 0.947. The number of hydrogen-bond acceptors (Lipinski definition) is 4. The Bertz CT molecular complexity index is 418. The molecule has 2 heterocycles. The molecule has 2 saturated heterocycles. The van der Waals surface area contributed by atoms with Gasteiger partial charge in [-0.3, -0.25) is 14.8 Å². The average molecular weight is 352 g/mol. The first kappa shape index (κ1) is 18.9. The maximum Gasteiger partial charge on any atom is 0.191 e. The molecule has 0 aromatic heterocycles. The standard InChI is InChI=1S/C19H37N5O/c1-16(14-23-9-11-25-12-10-23)13-21-19(20-2)22-17-7-8-24(15-17)18-5-3-4-6-18/h16-18H,3-15H2,1-2H3,(H2,20,21,22). The zero-order valence-corrected chi connectivity index (χ0v) is 16.2. The molecule has 6 heteroatoms. The van der Waals surface area contributed by atoms with Crippen LogP contribution >= 0.6 is 0 Å². The van der Waals surface area contributed by atoms with Gasteiger partial charge in [0, 0.05) is 58.4 Å². The zero-order chi connectivity index (χ0) is 17.5. The molecule has 0 bridgehead atoms. The van der Waals surface area contributed by atoms with Gasteiger partial charge in [-0.05, 0) is 25.2 Å². The third-order valence-corrected chi connectivity index (χ3v) is 5.92. The van der Waals surface area contributed by atoms with E-state index in [4.69, 9.17) is 4.74 Å². The van der Waals surface area contributed by atoms with Crippen LogP contribution in [0.25, 0.3) is 0 Å². The van der Waals surface area contributed by atoms with Crippen molar-refractivity contribution in [2.75, 3.05) is 59.5 Å². The van der Waals surface area contributed by atoms with E-state index in [9.17, 15) is 0 Å². The number of morpholine rings is 1. The number of nitrogens with zero attached hydrogens (tertiary/aromatic N) is 3. The van der Waals surface area contributed by atoms with Crippen molar-refractivity contribution in [2.45, 2.75) is 51.1 Å². The molecule has 2 atom stereocenters. The predicted molar refractivity (Wildman–Crippen MR) is 103 cm³/mol. The van der Waals surface area contributed by atoms with Crippen LogP contribution in [-0.2, 0) is 4.74 Å². The highest BCUT2D eigenvalue weighted by Crippen LogP contribution is 2.26. The van der Waals surface area contributed by atoms with Crippen LogP contribution < -0.4 is 10.6 Å². The Hall–Kier alpha value is -0.850. The van der Waals surface area contributed by atoms with Gasteiger partial charge in [-0.1, -0.05) is 19.8 Å². The molecule has 144 valence electrons. The minimum absolute atomic E-state index is 0.543. The summed E-state index contributed by atoms with van der Waals surface area (Å²) in [6, 6.07) is 1.39. The summed E-state index contributed by atoms with van der Waals surface area (Å²) >= 11 is 0. The smallest absolute Gasteiger partial charge is 0.191 e. The lowest BCUT2D eigenvalue weighted by atomic mass is 10.1. The second-order valence-corrected chi connectivity index (χ2v) is 8.03. The van der Waals surface area contributed by atoms with Gasteiger partial charge in [-0.15, -0.1) is 0 Å². The molecular weight excluding hydrogens is 314 g/mol. The van der Waals surface area contributed by atoms with Crippen molar-refractivity contribution >= 4 is 5.96 Å². The lowest BCUT2D eigenvalue weighted by molar-refractivity contribution is 0.0320. The number of aliphatic imine (C=N–C) groups is 1. The van der Waals surface area contributed by atoms with Gasteiger partial charge in [0.2, 0.25) is 0 Å². The van der Waals surface area contributed by atoms with Gasteiger partial charge in [0.05, 0.1) is 13.2 Å². The third-order valence-electron chi connectivity index (χ3n) is 5.92. The third kappa shape index (κ3) is 5.83. The Labute approximate surface area is 153 Å². The second kappa shape index (κ2) is 9.74. The van der Waals surface area contributed by atoms with E-state index >= 15 is 0 Å². The number of likely N-dealkylation sites (tertiary alicyclic amines) is 1. The van der Waals surface area contributed by atoms with Crippen molar-refractivity contribution in [3.63, 3.8) is 0 Å². The summed E-state index contributed by atoms with van der Waals surface area (Å²) in [5.74, 6) is 1.57. The maximum absolute atomic E-state index is 5.43. The van der Waals surface area contributed by atoms with Crippen molar-refractivity contribution in [3.8, 4) is 0 Å². The van der Waals surface area contributed by atoms with Gasteiger partial charge in [0.25, 0.3) is 0 Å². The topological polar surface area (TPSA) is 52.1 Å². The van der Waals surface area contributed by atoms with Crippen LogP contribution in [0, 0.1) is 5.92 Å². The summed E-state index contributed by atoms with van der Waals surface area (Å²) in [7, 11) is 1.88. The Balaban J connectivity index is 1.35. The summed E-state index contributed by atoms with van der Waals surface area (Å²) in [6.07, 6.45) is 6.88. The first-order valence-electron chi connectivity index (χ1n) is 10.3. The molecule has 2 unspecified atom stereocenters. The minimum Gasteiger partial charge on any atom is -0.379 e. The molecule has 2 aliphatic heterocycles. The van der Waals surface area contributed by atoms with Gasteiger partial charge in [-0.25, -0.2) is 0 Å². The Morgan fingerprint density at radius 3 is 2.64 bits per heavy atom. The normalized spacial score (nSPS) is 28.4. The summed E-state index contributed by atoms with van der Waals surface area (Å²) in [5.41, 5.74) is 0. The van der Waals surface area contributed by atoms with Crippen molar-refractivity contribution in [1.82, 2.24) is 20.4 Å². The molecule has 6 nitrogen and oxygen atoms in total. The van der Waals surface area contributed by atoms with Gasteiger partial charge in [-0.2, -0.15) is 0 Å². The van der Waals surface area contributed by atoms with Crippen molar-refractivity contribution < 1.29 is 4.74 Å². The lowest BCUT2D eigenvalue weighted by Gasteiger charge is -2.29. The maximum atomic E-state index is 5.43. The second-order valence-electron chi connectivity index (χ2n) is 8.03. The summed E-state index contributed by atoms with van der Waals surface area (Å²) < 4.78 is 5.43. The monoisotopic (exact) mass is 351 g/mol. The molecule has 1 saturated carbocycles. The van der Waals surface area contributed by atoms with Gasteiger partial charge in [0.1, 0.15) is 0 Å².